The molecule has 0 radical (unpaired) electrons. The minimum atomic E-state index is -0.0661. The molecule has 26 heavy (non-hydrogen) atoms. The van der Waals surface area contributed by atoms with Crippen LogP contribution in [-0.2, 0) is 17.0 Å². The Hall–Kier alpha value is -2.38. The van der Waals surface area contributed by atoms with Crippen LogP contribution in [0.3, 0.4) is 0 Å². The number of hydrogen-bond acceptors (Lipinski definition) is 6. The number of benzene rings is 2. The zero-order valence-corrected chi connectivity index (χ0v) is 16.0. The number of nitrogens with one attached hydrogen (secondary N) is 1. The molecule has 0 unspecified atom stereocenters. The van der Waals surface area contributed by atoms with Crippen LogP contribution in [0.1, 0.15) is 17.5 Å². The van der Waals surface area contributed by atoms with Crippen LogP contribution >= 0.6 is 23.1 Å². The van der Waals surface area contributed by atoms with Crippen LogP contribution in [0.5, 0.6) is 5.75 Å². The molecule has 0 fully saturated rings. The van der Waals surface area contributed by atoms with Gasteiger partial charge in [-0.1, -0.05) is 65.6 Å². The van der Waals surface area contributed by atoms with E-state index < -0.39 is 0 Å². The number of amides is 1. The Bertz CT molecular complexity index is 853. The van der Waals surface area contributed by atoms with E-state index >= 15 is 0 Å². The van der Waals surface area contributed by atoms with E-state index in [2.05, 4.69) is 27.6 Å². The monoisotopic (exact) mass is 385 g/mol. The third kappa shape index (κ3) is 5.57. The highest BCUT2D eigenvalue weighted by Gasteiger charge is 2.09. The van der Waals surface area contributed by atoms with Crippen LogP contribution in [-0.4, -0.2) is 23.2 Å². The van der Waals surface area contributed by atoms with E-state index in [1.165, 1.54) is 16.9 Å². The quantitative estimate of drug-likeness (QED) is 0.460. The SMILES string of the molecule is COc1cccc(CCC(=O)Nc2nnc(SCc3ccccc3)s2)c1. The van der Waals surface area contributed by atoms with Gasteiger partial charge in [0.2, 0.25) is 11.0 Å². The summed E-state index contributed by atoms with van der Waals surface area (Å²) in [7, 11) is 1.63. The lowest BCUT2D eigenvalue weighted by Gasteiger charge is -2.04. The van der Waals surface area contributed by atoms with Crippen molar-refractivity contribution in [3.8, 4) is 5.75 Å². The van der Waals surface area contributed by atoms with Gasteiger partial charge in [-0.3, -0.25) is 4.79 Å². The van der Waals surface area contributed by atoms with Gasteiger partial charge in [0.1, 0.15) is 5.75 Å². The molecule has 0 saturated heterocycles. The Balaban J connectivity index is 1.46. The zero-order valence-electron chi connectivity index (χ0n) is 14.3. The van der Waals surface area contributed by atoms with Gasteiger partial charge in [0.05, 0.1) is 7.11 Å². The average Bonchev–Trinajstić information content (AvgIpc) is 3.13. The van der Waals surface area contributed by atoms with Crippen molar-refractivity contribution >= 4 is 34.1 Å². The fraction of sp³-hybridized carbons (Fsp3) is 0.211. The topological polar surface area (TPSA) is 64.1 Å². The van der Waals surface area contributed by atoms with Gasteiger partial charge < -0.3 is 10.1 Å². The molecule has 3 rings (SSSR count). The number of carbonyl (C=O) groups is 1. The first kappa shape index (κ1) is 18.4. The molecule has 0 spiro atoms. The van der Waals surface area contributed by atoms with Crippen LogP contribution in [0.4, 0.5) is 5.13 Å². The Labute approximate surface area is 160 Å². The molecule has 1 aromatic heterocycles. The van der Waals surface area contributed by atoms with Crippen molar-refractivity contribution in [2.75, 3.05) is 12.4 Å². The molecule has 0 saturated carbocycles. The van der Waals surface area contributed by atoms with Gasteiger partial charge >= 0.3 is 0 Å². The molecule has 0 aliphatic heterocycles. The van der Waals surface area contributed by atoms with Crippen molar-refractivity contribution in [3.05, 3.63) is 65.7 Å². The standard InChI is InChI=1S/C19H19N3O2S2/c1-24-16-9-5-8-14(12-16)10-11-17(23)20-18-21-22-19(26-18)25-13-15-6-3-2-4-7-15/h2-9,12H,10-11,13H2,1H3,(H,20,21,23). The third-order valence-electron chi connectivity index (χ3n) is 3.63. The van der Waals surface area contributed by atoms with Crippen molar-refractivity contribution < 1.29 is 9.53 Å². The molecule has 5 nitrogen and oxygen atoms in total. The van der Waals surface area contributed by atoms with Crippen molar-refractivity contribution in [3.63, 3.8) is 0 Å². The van der Waals surface area contributed by atoms with E-state index in [4.69, 9.17) is 4.74 Å². The molecule has 0 aliphatic rings. The summed E-state index contributed by atoms with van der Waals surface area (Å²) in [6, 6.07) is 17.9. The van der Waals surface area contributed by atoms with Crippen molar-refractivity contribution in [1.82, 2.24) is 10.2 Å². The molecule has 0 bridgehead atoms. The second-order valence-electron chi connectivity index (χ2n) is 5.55. The van der Waals surface area contributed by atoms with Gasteiger partial charge in [-0.05, 0) is 29.7 Å². The number of aromatic nitrogens is 2. The lowest BCUT2D eigenvalue weighted by atomic mass is 10.1. The van der Waals surface area contributed by atoms with Crippen LogP contribution in [0.15, 0.2) is 58.9 Å². The lowest BCUT2D eigenvalue weighted by Crippen LogP contribution is -2.12. The predicted molar refractivity (Wildman–Crippen MR) is 106 cm³/mol. The van der Waals surface area contributed by atoms with E-state index in [0.717, 1.165) is 21.4 Å². The summed E-state index contributed by atoms with van der Waals surface area (Å²) in [6.07, 6.45) is 1.04. The summed E-state index contributed by atoms with van der Waals surface area (Å²) >= 11 is 3.01. The van der Waals surface area contributed by atoms with Crippen LogP contribution in [0.2, 0.25) is 0 Å². The molecule has 2 aromatic carbocycles. The van der Waals surface area contributed by atoms with Crippen LogP contribution < -0.4 is 10.1 Å². The third-order valence-corrected chi connectivity index (χ3v) is 5.68. The summed E-state index contributed by atoms with van der Waals surface area (Å²) < 4.78 is 6.04. The molecule has 1 amide bonds. The first-order valence-corrected chi connectivity index (χ1v) is 9.96. The van der Waals surface area contributed by atoms with Crippen LogP contribution in [0, 0.1) is 0 Å². The normalized spacial score (nSPS) is 10.5. The first-order chi connectivity index (χ1) is 12.7. The lowest BCUT2D eigenvalue weighted by molar-refractivity contribution is -0.116. The van der Waals surface area contributed by atoms with E-state index in [9.17, 15) is 4.79 Å². The average molecular weight is 386 g/mol. The van der Waals surface area contributed by atoms with E-state index in [0.29, 0.717) is 18.0 Å². The van der Waals surface area contributed by atoms with Gasteiger partial charge in [0, 0.05) is 12.2 Å². The number of anilines is 1. The summed E-state index contributed by atoms with van der Waals surface area (Å²) in [5.74, 6) is 1.56. The van der Waals surface area contributed by atoms with Gasteiger partial charge in [-0.2, -0.15) is 0 Å². The number of methoxy groups -OCH3 is 1. The molecular weight excluding hydrogens is 366 g/mol. The Morgan fingerprint density at radius 2 is 1.92 bits per heavy atom. The number of ether oxygens (including phenoxy) is 1. The summed E-state index contributed by atoms with van der Waals surface area (Å²) in [5.41, 5.74) is 2.30. The van der Waals surface area contributed by atoms with Gasteiger partial charge in [0.25, 0.3) is 0 Å². The molecular formula is C19H19N3O2S2. The fourth-order valence-corrected chi connectivity index (χ4v) is 4.03. The maximum atomic E-state index is 12.1. The minimum absolute atomic E-state index is 0.0661. The number of thioether (sulfide) groups is 1. The van der Waals surface area contributed by atoms with Crippen LogP contribution in [0.25, 0.3) is 0 Å². The summed E-state index contributed by atoms with van der Waals surface area (Å²) in [6.45, 7) is 0. The summed E-state index contributed by atoms with van der Waals surface area (Å²) in [5, 5.41) is 11.5. The second-order valence-corrected chi connectivity index (χ2v) is 7.75. The highest BCUT2D eigenvalue weighted by Crippen LogP contribution is 2.28. The Kier molecular flexibility index (Phi) is 6.62. The number of aryl methyl sites for hydroxylation is 1. The van der Waals surface area contributed by atoms with Gasteiger partial charge in [0.15, 0.2) is 4.34 Å². The maximum absolute atomic E-state index is 12.1. The first-order valence-electron chi connectivity index (χ1n) is 8.16. The number of carbonyl (C=O) groups excluding carboxylic acids is 1. The maximum Gasteiger partial charge on any atom is 0.226 e. The predicted octanol–water partition coefficient (Wildman–Crippen LogP) is 4.41. The second kappa shape index (κ2) is 9.35. The molecule has 134 valence electrons. The largest absolute Gasteiger partial charge is 0.497 e. The van der Waals surface area contributed by atoms with Crippen molar-refractivity contribution in [1.29, 1.82) is 0 Å². The molecule has 0 atom stereocenters. The Morgan fingerprint density at radius 3 is 2.73 bits per heavy atom. The molecule has 0 aliphatic carbocycles. The zero-order chi connectivity index (χ0) is 18.2. The van der Waals surface area contributed by atoms with E-state index in [1.807, 2.05) is 42.5 Å². The number of hydrogen-bond donors (Lipinski definition) is 1. The number of nitrogens with zero attached hydrogens (tertiary/aromatic N) is 2. The minimum Gasteiger partial charge on any atom is -0.497 e. The highest BCUT2D eigenvalue weighted by molar-refractivity contribution is 8.00. The van der Waals surface area contributed by atoms with Crippen molar-refractivity contribution in [2.24, 2.45) is 0 Å². The number of rotatable bonds is 8. The highest BCUT2D eigenvalue weighted by atomic mass is 32.2. The fourth-order valence-electron chi connectivity index (χ4n) is 2.31. The van der Waals surface area contributed by atoms with E-state index in [-0.39, 0.29) is 5.91 Å². The molecule has 7 heteroatoms. The van der Waals surface area contributed by atoms with E-state index in [1.54, 1.807) is 18.9 Å². The molecule has 3 aromatic rings. The molecule has 1 N–H and O–H groups in total. The van der Waals surface area contributed by atoms with Gasteiger partial charge in [-0.25, -0.2) is 0 Å². The summed E-state index contributed by atoms with van der Waals surface area (Å²) in [4.78, 5) is 12.1. The van der Waals surface area contributed by atoms with Gasteiger partial charge in [-0.15, -0.1) is 10.2 Å². The molecule has 1 heterocycles. The smallest absolute Gasteiger partial charge is 0.226 e. The van der Waals surface area contributed by atoms with Crippen molar-refractivity contribution in [2.45, 2.75) is 22.9 Å². The Morgan fingerprint density at radius 1 is 1.12 bits per heavy atom.